The molecule has 2 fully saturated rings. The molecule has 1 N–H and O–H groups in total. The Labute approximate surface area is 211 Å². The highest BCUT2D eigenvalue weighted by Crippen LogP contribution is 2.39. The Morgan fingerprint density at radius 1 is 1.31 bits per heavy atom. The van der Waals surface area contributed by atoms with Crippen molar-refractivity contribution in [3.8, 4) is 11.6 Å². The Balaban J connectivity index is 1.33. The van der Waals surface area contributed by atoms with E-state index in [9.17, 15) is 9.18 Å². The van der Waals surface area contributed by atoms with Crippen LogP contribution in [0.15, 0.2) is 43.2 Å². The van der Waals surface area contributed by atoms with Gasteiger partial charge in [0.15, 0.2) is 11.6 Å². The largest absolute Gasteiger partial charge is 0.489 e. The second-order valence-corrected chi connectivity index (χ2v) is 9.29. The number of benzene rings is 1. The van der Waals surface area contributed by atoms with E-state index < -0.39 is 11.5 Å². The van der Waals surface area contributed by atoms with Crippen molar-refractivity contribution in [2.24, 2.45) is 0 Å². The number of pyridine rings is 1. The van der Waals surface area contributed by atoms with Crippen molar-refractivity contribution in [3.05, 3.63) is 54.1 Å². The zero-order valence-electron chi connectivity index (χ0n) is 19.3. The first-order valence-corrected chi connectivity index (χ1v) is 12.0. The summed E-state index contributed by atoms with van der Waals surface area (Å²) in [6, 6.07) is 6.33. The second kappa shape index (κ2) is 9.85. The normalized spacial score (nSPS) is 18.5. The Morgan fingerprint density at radius 3 is 2.89 bits per heavy atom. The summed E-state index contributed by atoms with van der Waals surface area (Å²) >= 11 is 6.17. The average Bonchev–Trinajstić information content (AvgIpc) is 3.33. The number of rotatable bonds is 8. The molecule has 1 aromatic carbocycles. The van der Waals surface area contributed by atoms with E-state index >= 15 is 4.39 Å². The van der Waals surface area contributed by atoms with Crippen LogP contribution < -0.4 is 14.8 Å². The van der Waals surface area contributed by atoms with Gasteiger partial charge in [-0.25, -0.2) is 23.7 Å². The molecule has 0 unspecified atom stereocenters. The quantitative estimate of drug-likeness (QED) is 0.422. The number of halogens is 3. The summed E-state index contributed by atoms with van der Waals surface area (Å²) in [4.78, 5) is 26.4. The first-order chi connectivity index (χ1) is 17.3. The number of hydrogen-bond acceptors (Lipinski definition) is 7. The third-order valence-corrected chi connectivity index (χ3v) is 6.76. The van der Waals surface area contributed by atoms with Crippen LogP contribution in [0.25, 0.3) is 11.0 Å². The third-order valence-electron chi connectivity index (χ3n) is 6.41. The highest BCUT2D eigenvalue weighted by Gasteiger charge is 2.38. The summed E-state index contributed by atoms with van der Waals surface area (Å²) in [7, 11) is 0. The Hall–Kier alpha value is -3.53. The number of carbonyl (C=O) groups is 1. The Kier molecular flexibility index (Phi) is 6.61. The van der Waals surface area contributed by atoms with Crippen LogP contribution in [0.2, 0.25) is 5.02 Å². The van der Waals surface area contributed by atoms with Crippen LogP contribution in [0.3, 0.4) is 0 Å². The van der Waals surface area contributed by atoms with Gasteiger partial charge in [0.2, 0.25) is 11.8 Å². The SMILES string of the molecule is C=CC(=O)N1CC[C@H](Oc2ccc3ncnc(Nc4ccc(OCC5(F)CCC5)c(Cl)c4F)c3n2)C1. The average molecular weight is 516 g/mol. The molecule has 5 rings (SSSR count). The number of nitrogens with one attached hydrogen (secondary N) is 1. The van der Waals surface area contributed by atoms with Gasteiger partial charge >= 0.3 is 0 Å². The van der Waals surface area contributed by atoms with Gasteiger partial charge in [0.25, 0.3) is 0 Å². The number of likely N-dealkylation sites (tertiary alicyclic amines) is 1. The first-order valence-electron chi connectivity index (χ1n) is 11.6. The van der Waals surface area contributed by atoms with Gasteiger partial charge in [-0.2, -0.15) is 0 Å². The maximum Gasteiger partial charge on any atom is 0.246 e. The number of aromatic nitrogens is 3. The number of carbonyl (C=O) groups excluding carboxylic acids is 1. The minimum absolute atomic E-state index is 0.0495. The van der Waals surface area contributed by atoms with E-state index in [1.54, 1.807) is 17.0 Å². The molecule has 1 amide bonds. The Morgan fingerprint density at radius 2 is 2.14 bits per heavy atom. The molecule has 1 atom stereocenters. The first kappa shape index (κ1) is 24.2. The summed E-state index contributed by atoms with van der Waals surface area (Å²) in [6.07, 6.45) is 4.73. The number of nitrogens with zero attached hydrogens (tertiary/aromatic N) is 4. The maximum atomic E-state index is 15.0. The molecular formula is C25H24ClF2N5O3. The van der Waals surface area contributed by atoms with Gasteiger partial charge in [0.05, 0.1) is 17.7 Å². The van der Waals surface area contributed by atoms with E-state index in [0.29, 0.717) is 49.3 Å². The van der Waals surface area contributed by atoms with Gasteiger partial charge < -0.3 is 19.7 Å². The third kappa shape index (κ3) is 4.90. The van der Waals surface area contributed by atoms with E-state index in [1.165, 1.54) is 24.5 Å². The molecule has 1 aliphatic heterocycles. The molecule has 1 saturated heterocycles. The second-order valence-electron chi connectivity index (χ2n) is 8.91. The van der Waals surface area contributed by atoms with Crippen LogP contribution in [-0.2, 0) is 4.79 Å². The van der Waals surface area contributed by atoms with Crippen LogP contribution in [-0.4, -0.2) is 57.2 Å². The van der Waals surface area contributed by atoms with Gasteiger partial charge in [-0.3, -0.25) is 4.79 Å². The lowest BCUT2D eigenvalue weighted by atomic mass is 9.83. The summed E-state index contributed by atoms with van der Waals surface area (Å²) in [5, 5.41) is 2.65. The number of hydrogen-bond donors (Lipinski definition) is 1. The van der Waals surface area contributed by atoms with E-state index in [2.05, 4.69) is 26.8 Å². The minimum Gasteiger partial charge on any atom is -0.489 e. The van der Waals surface area contributed by atoms with E-state index in [-0.39, 0.29) is 40.9 Å². The molecule has 36 heavy (non-hydrogen) atoms. The molecule has 1 saturated carbocycles. The predicted octanol–water partition coefficient (Wildman–Crippen LogP) is 5.00. The summed E-state index contributed by atoms with van der Waals surface area (Å²) in [5.74, 6) is -0.243. The van der Waals surface area contributed by atoms with Gasteiger partial charge in [0.1, 0.15) is 41.0 Å². The summed E-state index contributed by atoms with van der Waals surface area (Å²) in [6.45, 7) is 4.35. The van der Waals surface area contributed by atoms with Gasteiger partial charge in [-0.1, -0.05) is 18.2 Å². The molecule has 3 heterocycles. The van der Waals surface area contributed by atoms with Crippen molar-refractivity contribution in [1.82, 2.24) is 19.9 Å². The van der Waals surface area contributed by atoms with E-state index in [0.717, 1.165) is 6.42 Å². The van der Waals surface area contributed by atoms with Crippen molar-refractivity contribution in [2.45, 2.75) is 37.5 Å². The molecule has 0 spiro atoms. The number of ether oxygens (including phenoxy) is 2. The molecule has 2 aliphatic rings. The number of amides is 1. The summed E-state index contributed by atoms with van der Waals surface area (Å²) in [5.41, 5.74) is -0.435. The molecule has 11 heteroatoms. The fourth-order valence-electron chi connectivity index (χ4n) is 4.18. The fourth-order valence-corrected chi connectivity index (χ4v) is 4.40. The topological polar surface area (TPSA) is 89.5 Å². The number of fused-ring (bicyclic) bond motifs is 1. The van der Waals surface area contributed by atoms with Crippen LogP contribution in [0.1, 0.15) is 25.7 Å². The smallest absolute Gasteiger partial charge is 0.246 e. The van der Waals surface area contributed by atoms with E-state index in [4.69, 9.17) is 21.1 Å². The van der Waals surface area contributed by atoms with E-state index in [1.807, 2.05) is 0 Å². The molecular weight excluding hydrogens is 492 g/mol. The van der Waals surface area contributed by atoms with Crippen LogP contribution >= 0.6 is 11.6 Å². The molecule has 2 aromatic heterocycles. The van der Waals surface area contributed by atoms with Gasteiger partial charge in [-0.05, 0) is 43.5 Å². The molecule has 188 valence electrons. The monoisotopic (exact) mass is 515 g/mol. The summed E-state index contributed by atoms with van der Waals surface area (Å²) < 4.78 is 40.7. The zero-order chi connectivity index (χ0) is 25.3. The highest BCUT2D eigenvalue weighted by molar-refractivity contribution is 6.32. The highest BCUT2D eigenvalue weighted by atomic mass is 35.5. The van der Waals surface area contributed by atoms with Crippen molar-refractivity contribution >= 4 is 40.0 Å². The zero-order valence-corrected chi connectivity index (χ0v) is 20.1. The van der Waals surface area contributed by atoms with Crippen molar-refractivity contribution in [2.75, 3.05) is 25.0 Å². The molecule has 8 nitrogen and oxygen atoms in total. The number of anilines is 2. The molecule has 1 aliphatic carbocycles. The van der Waals surface area contributed by atoms with Gasteiger partial charge in [0, 0.05) is 19.0 Å². The van der Waals surface area contributed by atoms with Crippen LogP contribution in [0, 0.1) is 5.82 Å². The van der Waals surface area contributed by atoms with Crippen molar-refractivity contribution in [3.63, 3.8) is 0 Å². The molecule has 0 radical (unpaired) electrons. The van der Waals surface area contributed by atoms with Crippen LogP contribution in [0.5, 0.6) is 11.6 Å². The van der Waals surface area contributed by atoms with Crippen molar-refractivity contribution in [1.29, 1.82) is 0 Å². The standard InChI is InChI=1S/C25H24ClF2N5O3/c1-2-20(34)33-11-8-15(12-33)36-19-7-5-17-23(32-19)24(30-14-29-17)31-16-4-6-18(21(26)22(16)27)35-13-25(28)9-3-10-25/h2,4-7,14-15H,1,3,8-13H2,(H,29,30,31)/t15-/m0/s1. The van der Waals surface area contributed by atoms with Gasteiger partial charge in [-0.15, -0.1) is 0 Å². The predicted molar refractivity (Wildman–Crippen MR) is 131 cm³/mol. The maximum absolute atomic E-state index is 15.0. The lowest BCUT2D eigenvalue weighted by molar-refractivity contribution is -0.125. The lowest BCUT2D eigenvalue weighted by Crippen LogP contribution is -2.38. The molecule has 0 bridgehead atoms. The van der Waals surface area contributed by atoms with Crippen molar-refractivity contribution < 1.29 is 23.0 Å². The van der Waals surface area contributed by atoms with Crippen LogP contribution in [0.4, 0.5) is 20.3 Å². The Bertz CT molecular complexity index is 1320. The lowest BCUT2D eigenvalue weighted by Gasteiger charge is -2.33. The molecule has 3 aromatic rings. The number of alkyl halides is 1. The minimum atomic E-state index is -1.37. The fraction of sp³-hybridized carbons (Fsp3) is 0.360.